The molecule has 4 fully saturated rings. The van der Waals surface area contributed by atoms with Crippen LogP contribution < -0.4 is 0 Å². The van der Waals surface area contributed by atoms with Gasteiger partial charge in [-0.25, -0.2) is 4.79 Å². The molecule has 6 rings (SSSR count). The van der Waals surface area contributed by atoms with Gasteiger partial charge < -0.3 is 9.47 Å². The topological polar surface area (TPSA) is 38.8 Å². The molecule has 0 aromatic heterocycles. The van der Waals surface area contributed by atoms with E-state index in [1.165, 1.54) is 38.5 Å². The zero-order valence-electron chi connectivity index (χ0n) is 23.8. The van der Waals surface area contributed by atoms with Gasteiger partial charge in [-0.1, -0.05) is 78.2 Å². The predicted octanol–water partition coefficient (Wildman–Crippen LogP) is 8.38. The van der Waals surface area contributed by atoms with Crippen molar-refractivity contribution < 1.29 is 14.3 Å². The van der Waals surface area contributed by atoms with E-state index in [1.807, 2.05) is 30.3 Å². The van der Waals surface area contributed by atoms with Crippen LogP contribution in [0.4, 0.5) is 0 Å². The maximum absolute atomic E-state index is 12.7. The first-order valence-electron chi connectivity index (χ1n) is 15.3. The molecule has 0 amide bonds. The van der Waals surface area contributed by atoms with Crippen molar-refractivity contribution in [2.75, 3.05) is 0 Å². The maximum Gasteiger partial charge on any atom is 0.338 e. The van der Waals surface area contributed by atoms with Gasteiger partial charge in [-0.15, -0.1) is 0 Å². The van der Waals surface area contributed by atoms with E-state index in [-0.39, 0.29) is 17.7 Å². The van der Waals surface area contributed by atoms with Crippen molar-refractivity contribution in [3.63, 3.8) is 0 Å². The summed E-state index contributed by atoms with van der Waals surface area (Å²) in [6.07, 6.45) is 15.3. The molecule has 0 unspecified atom stereocenters. The quantitative estimate of drug-likeness (QED) is 0.213. The highest BCUT2D eigenvalue weighted by Gasteiger charge is 2.79. The van der Waals surface area contributed by atoms with E-state index >= 15 is 0 Å². The van der Waals surface area contributed by atoms with E-state index in [9.17, 15) is 4.79 Å². The second-order valence-corrected chi connectivity index (χ2v) is 14.3. The second kappa shape index (κ2) is 9.25. The highest BCUT2D eigenvalue weighted by Crippen LogP contribution is 2.76. The Labute approximate surface area is 224 Å². The van der Waals surface area contributed by atoms with Crippen LogP contribution in [-0.4, -0.2) is 23.8 Å². The summed E-state index contributed by atoms with van der Waals surface area (Å²) in [6.45, 7) is 12.4. The first kappa shape index (κ1) is 25.7. The van der Waals surface area contributed by atoms with Crippen LogP contribution >= 0.6 is 0 Å². The van der Waals surface area contributed by atoms with Crippen LogP contribution in [0.2, 0.25) is 0 Å². The summed E-state index contributed by atoms with van der Waals surface area (Å²) in [7, 11) is 0. The molecular formula is C34H48O3. The van der Waals surface area contributed by atoms with Crippen molar-refractivity contribution >= 4 is 5.97 Å². The summed E-state index contributed by atoms with van der Waals surface area (Å²) in [6, 6.07) is 9.47. The third-order valence-corrected chi connectivity index (χ3v) is 11.9. The van der Waals surface area contributed by atoms with Crippen LogP contribution in [0.1, 0.15) is 109 Å². The van der Waals surface area contributed by atoms with Crippen LogP contribution in [0.3, 0.4) is 0 Å². The Kier molecular flexibility index (Phi) is 6.41. The van der Waals surface area contributed by atoms with Gasteiger partial charge in [0.25, 0.3) is 0 Å². The van der Waals surface area contributed by atoms with Crippen molar-refractivity contribution in [2.45, 2.75) is 117 Å². The number of ether oxygens (including phenoxy) is 2. The lowest BCUT2D eigenvalue weighted by molar-refractivity contribution is -0.0665. The average Bonchev–Trinajstić information content (AvgIpc) is 3.54. The van der Waals surface area contributed by atoms with Gasteiger partial charge in [0, 0.05) is 5.41 Å². The summed E-state index contributed by atoms with van der Waals surface area (Å²) < 4.78 is 12.8. The number of fused-ring (bicyclic) bond motifs is 3. The Hall–Kier alpha value is -1.61. The van der Waals surface area contributed by atoms with Gasteiger partial charge in [0.2, 0.25) is 0 Å². The molecular weight excluding hydrogens is 456 g/mol. The number of hydrogen-bond donors (Lipinski definition) is 0. The van der Waals surface area contributed by atoms with Crippen LogP contribution in [0, 0.1) is 40.4 Å². The fraction of sp³-hybridized carbons (Fsp3) is 0.735. The van der Waals surface area contributed by atoms with Gasteiger partial charge in [-0.2, -0.15) is 0 Å². The standard InChI is InChI=1S/C34H48O3/c1-22(2)10-9-11-23(3)29-21-30-34(37-30)28-15-14-25-20-26(36-31(35)24-12-7-6-8-13-24)16-18-32(25,4)27(28)17-19-33(29,34)5/h6-8,12-13,15,22-23,25-27,29-30H,9-11,14,16-21H2,1-5H3/t23-,25+,26+,27+,29-,30+,32+,33-,34+/m1/s1. The average molecular weight is 505 g/mol. The fourth-order valence-electron chi connectivity index (χ4n) is 9.75. The molecule has 1 aromatic carbocycles. The zero-order valence-corrected chi connectivity index (χ0v) is 23.8. The zero-order chi connectivity index (χ0) is 26.0. The number of hydrogen-bond acceptors (Lipinski definition) is 3. The van der Waals surface area contributed by atoms with Gasteiger partial charge >= 0.3 is 5.97 Å². The number of allylic oxidation sites excluding steroid dienone is 1. The lowest BCUT2D eigenvalue weighted by atomic mass is 9.47. The van der Waals surface area contributed by atoms with Gasteiger partial charge in [-0.05, 0) is 97.7 Å². The number of epoxide rings is 1. The molecule has 1 aliphatic heterocycles. The molecule has 1 aromatic rings. The Morgan fingerprint density at radius 2 is 1.84 bits per heavy atom. The van der Waals surface area contributed by atoms with Gasteiger partial charge in [-0.3, -0.25) is 0 Å². The molecule has 4 aliphatic carbocycles. The largest absolute Gasteiger partial charge is 0.459 e. The number of carbonyl (C=O) groups is 1. The van der Waals surface area contributed by atoms with E-state index < -0.39 is 0 Å². The van der Waals surface area contributed by atoms with Crippen molar-refractivity contribution in [2.24, 2.45) is 40.4 Å². The predicted molar refractivity (Wildman–Crippen MR) is 148 cm³/mol. The van der Waals surface area contributed by atoms with E-state index in [0.717, 1.165) is 43.4 Å². The van der Waals surface area contributed by atoms with E-state index in [4.69, 9.17) is 9.47 Å². The summed E-state index contributed by atoms with van der Waals surface area (Å²) >= 11 is 0. The maximum atomic E-state index is 12.7. The summed E-state index contributed by atoms with van der Waals surface area (Å²) in [5.41, 5.74) is 2.97. The number of rotatable bonds is 7. The fourth-order valence-corrected chi connectivity index (χ4v) is 9.75. The Morgan fingerprint density at radius 3 is 2.59 bits per heavy atom. The first-order chi connectivity index (χ1) is 17.7. The lowest BCUT2D eigenvalue weighted by Gasteiger charge is -2.58. The number of carbonyl (C=O) groups excluding carboxylic acids is 1. The molecule has 9 atom stereocenters. The molecule has 5 aliphatic rings. The molecule has 0 radical (unpaired) electrons. The van der Waals surface area contributed by atoms with E-state index in [2.05, 4.69) is 40.7 Å². The van der Waals surface area contributed by atoms with Crippen molar-refractivity contribution in [3.05, 3.63) is 47.5 Å². The molecule has 1 heterocycles. The highest BCUT2D eigenvalue weighted by molar-refractivity contribution is 5.89. The van der Waals surface area contributed by atoms with Gasteiger partial charge in [0.1, 0.15) is 11.7 Å². The Morgan fingerprint density at radius 1 is 1.05 bits per heavy atom. The van der Waals surface area contributed by atoms with Crippen LogP contribution in [0.15, 0.2) is 42.0 Å². The molecule has 1 saturated heterocycles. The third-order valence-electron chi connectivity index (χ3n) is 11.9. The Balaban J connectivity index is 1.17. The molecule has 37 heavy (non-hydrogen) atoms. The SMILES string of the molecule is CC(C)CCC[C@@H](C)[C@H]1C[C@@H]2O[C@@]23C2=CC[C@H]4C[C@@H](OC(=O)c5ccccc5)CC[C@]4(C)[C@H]2CC[C@]13C. The molecule has 0 bridgehead atoms. The minimum atomic E-state index is -0.165. The number of benzene rings is 1. The lowest BCUT2D eigenvalue weighted by Crippen LogP contribution is -2.54. The normalized spacial score (nSPS) is 42.6. The monoisotopic (exact) mass is 504 g/mol. The van der Waals surface area contributed by atoms with Crippen molar-refractivity contribution in [3.8, 4) is 0 Å². The number of esters is 1. The third kappa shape index (κ3) is 3.97. The van der Waals surface area contributed by atoms with E-state index in [0.29, 0.717) is 34.3 Å². The first-order valence-corrected chi connectivity index (χ1v) is 15.3. The van der Waals surface area contributed by atoms with Crippen molar-refractivity contribution in [1.82, 2.24) is 0 Å². The molecule has 202 valence electrons. The summed E-state index contributed by atoms with van der Waals surface area (Å²) in [5, 5.41) is 0. The molecule has 3 nitrogen and oxygen atoms in total. The smallest absolute Gasteiger partial charge is 0.338 e. The minimum absolute atomic E-state index is 0.0253. The minimum Gasteiger partial charge on any atom is -0.459 e. The summed E-state index contributed by atoms with van der Waals surface area (Å²) in [4.78, 5) is 12.7. The summed E-state index contributed by atoms with van der Waals surface area (Å²) in [5.74, 6) is 3.44. The van der Waals surface area contributed by atoms with Crippen LogP contribution in [0.5, 0.6) is 0 Å². The van der Waals surface area contributed by atoms with Crippen LogP contribution in [0.25, 0.3) is 0 Å². The van der Waals surface area contributed by atoms with Gasteiger partial charge in [0.05, 0.1) is 11.7 Å². The molecule has 0 N–H and O–H groups in total. The second-order valence-electron chi connectivity index (χ2n) is 14.3. The van der Waals surface area contributed by atoms with Crippen molar-refractivity contribution in [1.29, 1.82) is 0 Å². The highest BCUT2D eigenvalue weighted by atomic mass is 16.6. The van der Waals surface area contributed by atoms with Crippen LogP contribution in [-0.2, 0) is 9.47 Å². The molecule has 1 spiro atoms. The molecule has 3 saturated carbocycles. The van der Waals surface area contributed by atoms with Gasteiger partial charge in [0.15, 0.2) is 0 Å². The Bertz CT molecular complexity index is 1040. The van der Waals surface area contributed by atoms with E-state index in [1.54, 1.807) is 5.57 Å². The molecule has 3 heteroatoms.